The molecule has 4 rings (SSSR count). The average molecular weight is 230 g/mol. The van der Waals surface area contributed by atoms with Crippen LogP contribution in [0.4, 0.5) is 0 Å². The standard InChI is InChI=1S/C18H14/c1-11-9-12(2)17-15-8-4-6-13-5-3-7-14(18(13)15)16(17)10-11/h3-10H,1-2H3. The summed E-state index contributed by atoms with van der Waals surface area (Å²) in [5.41, 5.74) is 8.34. The third-order valence-electron chi connectivity index (χ3n) is 3.94. The Morgan fingerprint density at radius 1 is 0.722 bits per heavy atom. The van der Waals surface area contributed by atoms with Gasteiger partial charge in [-0.15, -0.1) is 0 Å². The molecule has 3 aromatic carbocycles. The van der Waals surface area contributed by atoms with Gasteiger partial charge in [0.25, 0.3) is 0 Å². The van der Waals surface area contributed by atoms with Crippen LogP contribution in [-0.4, -0.2) is 0 Å². The van der Waals surface area contributed by atoms with Crippen LogP contribution in [0, 0.1) is 13.8 Å². The minimum atomic E-state index is 1.34. The fraction of sp³-hybridized carbons (Fsp3) is 0.111. The van der Waals surface area contributed by atoms with Crippen molar-refractivity contribution < 1.29 is 0 Å². The molecular formula is C18H14. The molecule has 0 atom stereocenters. The number of aryl methyl sites for hydroxylation is 2. The van der Waals surface area contributed by atoms with E-state index in [2.05, 4.69) is 62.4 Å². The lowest BCUT2D eigenvalue weighted by Crippen LogP contribution is -1.84. The molecule has 86 valence electrons. The molecule has 3 aromatic rings. The predicted molar refractivity (Wildman–Crippen MR) is 77.9 cm³/mol. The molecule has 0 spiro atoms. The predicted octanol–water partition coefficient (Wildman–Crippen LogP) is 5.10. The van der Waals surface area contributed by atoms with Gasteiger partial charge in [-0.05, 0) is 52.4 Å². The van der Waals surface area contributed by atoms with Gasteiger partial charge in [0.05, 0.1) is 0 Å². The number of fused-ring (bicyclic) bond motifs is 3. The maximum absolute atomic E-state index is 2.32. The van der Waals surface area contributed by atoms with Crippen molar-refractivity contribution in [1.82, 2.24) is 0 Å². The largest absolute Gasteiger partial charge is 0.0610 e. The third kappa shape index (κ3) is 1.10. The molecule has 18 heavy (non-hydrogen) atoms. The average Bonchev–Trinajstić information content (AvgIpc) is 2.67. The monoisotopic (exact) mass is 230 g/mol. The van der Waals surface area contributed by atoms with Gasteiger partial charge in [-0.3, -0.25) is 0 Å². The molecule has 0 amide bonds. The van der Waals surface area contributed by atoms with Crippen molar-refractivity contribution >= 4 is 10.8 Å². The lowest BCUT2D eigenvalue weighted by atomic mass is 9.97. The van der Waals surface area contributed by atoms with Gasteiger partial charge < -0.3 is 0 Å². The van der Waals surface area contributed by atoms with E-state index in [1.165, 1.54) is 44.2 Å². The van der Waals surface area contributed by atoms with E-state index in [1.807, 2.05) is 0 Å². The molecule has 0 aliphatic heterocycles. The van der Waals surface area contributed by atoms with Gasteiger partial charge in [0, 0.05) is 0 Å². The summed E-state index contributed by atoms with van der Waals surface area (Å²) >= 11 is 0. The highest BCUT2D eigenvalue weighted by atomic mass is 14.2. The van der Waals surface area contributed by atoms with Crippen LogP contribution < -0.4 is 0 Å². The molecule has 0 saturated carbocycles. The fourth-order valence-electron chi connectivity index (χ4n) is 3.31. The van der Waals surface area contributed by atoms with Crippen LogP contribution in [0.2, 0.25) is 0 Å². The molecule has 0 bridgehead atoms. The van der Waals surface area contributed by atoms with Crippen LogP contribution in [0.3, 0.4) is 0 Å². The minimum absolute atomic E-state index is 1.34. The van der Waals surface area contributed by atoms with Gasteiger partial charge in [0.2, 0.25) is 0 Å². The summed E-state index contributed by atoms with van der Waals surface area (Å²) in [6, 6.07) is 17.8. The van der Waals surface area contributed by atoms with E-state index in [0.717, 1.165) is 0 Å². The Labute approximate surface area is 107 Å². The first-order valence-corrected chi connectivity index (χ1v) is 6.39. The Kier molecular flexibility index (Phi) is 1.78. The molecule has 0 radical (unpaired) electrons. The molecule has 1 aliphatic rings. The molecule has 0 N–H and O–H groups in total. The Hall–Kier alpha value is -2.08. The Morgan fingerprint density at radius 2 is 1.44 bits per heavy atom. The van der Waals surface area contributed by atoms with Gasteiger partial charge in [-0.1, -0.05) is 54.1 Å². The van der Waals surface area contributed by atoms with Crippen molar-refractivity contribution in [3.05, 3.63) is 59.7 Å². The molecule has 0 saturated heterocycles. The SMILES string of the molecule is Cc1cc(C)c2c(c1)-c1cccc3cccc-2c13. The number of benzene rings is 3. The minimum Gasteiger partial charge on any atom is -0.0610 e. The van der Waals surface area contributed by atoms with Gasteiger partial charge in [0.1, 0.15) is 0 Å². The van der Waals surface area contributed by atoms with Gasteiger partial charge in [-0.2, -0.15) is 0 Å². The van der Waals surface area contributed by atoms with Crippen molar-refractivity contribution in [2.45, 2.75) is 13.8 Å². The van der Waals surface area contributed by atoms with Crippen LogP contribution in [0.1, 0.15) is 11.1 Å². The van der Waals surface area contributed by atoms with Crippen molar-refractivity contribution in [3.63, 3.8) is 0 Å². The first-order chi connectivity index (χ1) is 8.75. The summed E-state index contributed by atoms with van der Waals surface area (Å²) in [6.45, 7) is 4.40. The first-order valence-electron chi connectivity index (χ1n) is 6.39. The lowest BCUT2D eigenvalue weighted by Gasteiger charge is -2.07. The van der Waals surface area contributed by atoms with E-state index in [0.29, 0.717) is 0 Å². The highest BCUT2D eigenvalue weighted by Crippen LogP contribution is 2.48. The van der Waals surface area contributed by atoms with Crippen molar-refractivity contribution in [3.8, 4) is 22.3 Å². The van der Waals surface area contributed by atoms with Crippen LogP contribution in [0.5, 0.6) is 0 Å². The van der Waals surface area contributed by atoms with E-state index < -0.39 is 0 Å². The molecule has 0 fully saturated rings. The molecule has 0 heterocycles. The van der Waals surface area contributed by atoms with Crippen LogP contribution in [0.25, 0.3) is 33.0 Å². The second-order valence-corrected chi connectivity index (χ2v) is 5.21. The number of hydrogen-bond donors (Lipinski definition) is 0. The molecule has 0 unspecified atom stereocenters. The van der Waals surface area contributed by atoms with E-state index in [1.54, 1.807) is 0 Å². The quantitative estimate of drug-likeness (QED) is 0.394. The normalized spacial score (nSPS) is 11.9. The Balaban J connectivity index is 2.28. The van der Waals surface area contributed by atoms with Crippen molar-refractivity contribution in [1.29, 1.82) is 0 Å². The lowest BCUT2D eigenvalue weighted by molar-refractivity contribution is 1.39. The smallest absolute Gasteiger partial charge is 0.00263 e. The second kappa shape index (κ2) is 3.23. The maximum atomic E-state index is 2.32. The molecule has 0 aromatic heterocycles. The second-order valence-electron chi connectivity index (χ2n) is 5.21. The highest BCUT2D eigenvalue weighted by Gasteiger charge is 2.22. The number of hydrogen-bond acceptors (Lipinski definition) is 0. The van der Waals surface area contributed by atoms with Gasteiger partial charge >= 0.3 is 0 Å². The van der Waals surface area contributed by atoms with Crippen LogP contribution >= 0.6 is 0 Å². The Bertz CT molecular complexity index is 789. The van der Waals surface area contributed by atoms with Crippen molar-refractivity contribution in [2.75, 3.05) is 0 Å². The zero-order chi connectivity index (χ0) is 12.3. The van der Waals surface area contributed by atoms with Crippen molar-refractivity contribution in [2.24, 2.45) is 0 Å². The Morgan fingerprint density at radius 3 is 2.22 bits per heavy atom. The van der Waals surface area contributed by atoms with E-state index in [4.69, 9.17) is 0 Å². The van der Waals surface area contributed by atoms with Crippen LogP contribution in [0.15, 0.2) is 48.5 Å². The summed E-state index contributed by atoms with van der Waals surface area (Å²) in [6.07, 6.45) is 0. The topological polar surface area (TPSA) is 0 Å². The zero-order valence-electron chi connectivity index (χ0n) is 10.6. The molecular weight excluding hydrogens is 216 g/mol. The van der Waals surface area contributed by atoms with Gasteiger partial charge in [0.15, 0.2) is 0 Å². The fourth-order valence-corrected chi connectivity index (χ4v) is 3.31. The van der Waals surface area contributed by atoms with E-state index in [-0.39, 0.29) is 0 Å². The molecule has 0 heteroatoms. The summed E-state index contributed by atoms with van der Waals surface area (Å²) < 4.78 is 0. The maximum Gasteiger partial charge on any atom is -0.00263 e. The first kappa shape index (κ1) is 9.90. The van der Waals surface area contributed by atoms with E-state index in [9.17, 15) is 0 Å². The number of rotatable bonds is 0. The van der Waals surface area contributed by atoms with Crippen LogP contribution in [-0.2, 0) is 0 Å². The summed E-state index contributed by atoms with van der Waals surface area (Å²) in [5.74, 6) is 0. The third-order valence-corrected chi connectivity index (χ3v) is 3.94. The summed E-state index contributed by atoms with van der Waals surface area (Å²) in [5, 5.41) is 2.77. The zero-order valence-corrected chi connectivity index (χ0v) is 10.6. The van der Waals surface area contributed by atoms with E-state index >= 15 is 0 Å². The molecule has 1 aliphatic carbocycles. The molecule has 0 nitrogen and oxygen atoms in total. The summed E-state index contributed by atoms with van der Waals surface area (Å²) in [7, 11) is 0. The summed E-state index contributed by atoms with van der Waals surface area (Å²) in [4.78, 5) is 0. The highest BCUT2D eigenvalue weighted by molar-refractivity contribution is 6.15. The van der Waals surface area contributed by atoms with Gasteiger partial charge in [-0.25, -0.2) is 0 Å².